The van der Waals surface area contributed by atoms with Crippen LogP contribution in [0.4, 0.5) is 11.6 Å². The van der Waals surface area contributed by atoms with Gasteiger partial charge in [0, 0.05) is 24.1 Å². The second-order valence-corrected chi connectivity index (χ2v) is 5.78. The smallest absolute Gasteiger partial charge is 0.145 e. The third-order valence-electron chi connectivity index (χ3n) is 4.34. The molecule has 1 aliphatic heterocycles. The first kappa shape index (κ1) is 12.7. The summed E-state index contributed by atoms with van der Waals surface area (Å²) >= 11 is 0. The van der Waals surface area contributed by atoms with Crippen molar-refractivity contribution in [2.45, 2.75) is 64.0 Å². The van der Waals surface area contributed by atoms with Gasteiger partial charge in [0.1, 0.15) is 17.5 Å². The molecule has 2 heterocycles. The lowest BCUT2D eigenvalue weighted by Gasteiger charge is -2.29. The lowest BCUT2D eigenvalue weighted by molar-refractivity contribution is 0.618. The van der Waals surface area contributed by atoms with Crippen LogP contribution < -0.4 is 16.2 Å². The minimum Gasteiger partial charge on any atom is -0.351 e. The van der Waals surface area contributed by atoms with Crippen LogP contribution in [0.3, 0.4) is 0 Å². The van der Waals surface area contributed by atoms with Gasteiger partial charge in [0.05, 0.1) is 0 Å². The molecular formula is C14H23N5. The first-order valence-corrected chi connectivity index (χ1v) is 7.36. The van der Waals surface area contributed by atoms with Crippen LogP contribution in [0.15, 0.2) is 6.07 Å². The van der Waals surface area contributed by atoms with E-state index in [9.17, 15) is 0 Å². The van der Waals surface area contributed by atoms with Crippen molar-refractivity contribution in [3.63, 3.8) is 0 Å². The fraction of sp³-hybridized carbons (Fsp3) is 0.714. The lowest BCUT2D eigenvalue weighted by atomic mass is 10.1. The van der Waals surface area contributed by atoms with Gasteiger partial charge in [0.15, 0.2) is 0 Å². The number of rotatable bonds is 4. The maximum Gasteiger partial charge on any atom is 0.145 e. The molecular weight excluding hydrogens is 238 g/mol. The van der Waals surface area contributed by atoms with E-state index in [2.05, 4.69) is 29.2 Å². The fourth-order valence-corrected chi connectivity index (χ4v) is 3.07. The molecule has 0 spiro atoms. The van der Waals surface area contributed by atoms with Crippen LogP contribution in [0.5, 0.6) is 0 Å². The molecule has 2 aliphatic rings. The molecule has 1 saturated carbocycles. The van der Waals surface area contributed by atoms with Crippen LogP contribution in [0, 0.1) is 0 Å². The predicted molar refractivity (Wildman–Crippen MR) is 77.1 cm³/mol. The number of nitrogens with two attached hydrogens (primary N) is 1. The summed E-state index contributed by atoms with van der Waals surface area (Å²) in [6.45, 7) is 4.53. The number of nitrogens with one attached hydrogen (secondary N) is 1. The van der Waals surface area contributed by atoms with Gasteiger partial charge in [-0.25, -0.2) is 15.8 Å². The zero-order valence-corrected chi connectivity index (χ0v) is 11.8. The van der Waals surface area contributed by atoms with Crippen LogP contribution in [-0.4, -0.2) is 22.1 Å². The lowest BCUT2D eigenvalue weighted by Crippen LogP contribution is -2.35. The van der Waals surface area contributed by atoms with Gasteiger partial charge in [-0.1, -0.05) is 6.92 Å². The molecule has 0 radical (unpaired) electrons. The molecule has 3 rings (SSSR count). The van der Waals surface area contributed by atoms with Gasteiger partial charge < -0.3 is 10.3 Å². The van der Waals surface area contributed by atoms with Gasteiger partial charge >= 0.3 is 0 Å². The molecule has 0 amide bonds. The molecule has 104 valence electrons. The van der Waals surface area contributed by atoms with Crippen molar-refractivity contribution in [2.24, 2.45) is 5.84 Å². The van der Waals surface area contributed by atoms with E-state index >= 15 is 0 Å². The Balaban J connectivity index is 1.95. The third-order valence-corrected chi connectivity index (χ3v) is 4.34. The summed E-state index contributed by atoms with van der Waals surface area (Å²) in [5.41, 5.74) is 2.68. The third kappa shape index (κ3) is 2.39. The minimum absolute atomic E-state index is 0.546. The fourth-order valence-electron chi connectivity index (χ4n) is 3.07. The molecule has 2 unspecified atom stereocenters. The average Bonchev–Trinajstić information content (AvgIpc) is 3.21. The Morgan fingerprint density at radius 1 is 1.32 bits per heavy atom. The van der Waals surface area contributed by atoms with Gasteiger partial charge in [0.25, 0.3) is 0 Å². The van der Waals surface area contributed by atoms with Crippen molar-refractivity contribution in [2.75, 3.05) is 10.3 Å². The van der Waals surface area contributed by atoms with Gasteiger partial charge in [-0.3, -0.25) is 0 Å². The summed E-state index contributed by atoms with van der Waals surface area (Å²) in [5.74, 6) is 8.83. The molecule has 2 fully saturated rings. The zero-order valence-electron chi connectivity index (χ0n) is 11.8. The van der Waals surface area contributed by atoms with Gasteiger partial charge in [-0.05, 0) is 39.0 Å². The highest BCUT2D eigenvalue weighted by Gasteiger charge is 2.33. The Labute approximate surface area is 114 Å². The van der Waals surface area contributed by atoms with Crippen molar-refractivity contribution in [3.05, 3.63) is 11.9 Å². The Morgan fingerprint density at radius 3 is 2.74 bits per heavy atom. The largest absolute Gasteiger partial charge is 0.351 e. The zero-order chi connectivity index (χ0) is 13.4. The van der Waals surface area contributed by atoms with E-state index in [-0.39, 0.29) is 0 Å². The van der Waals surface area contributed by atoms with E-state index in [0.717, 1.165) is 17.5 Å². The van der Waals surface area contributed by atoms with Crippen molar-refractivity contribution in [3.8, 4) is 0 Å². The van der Waals surface area contributed by atoms with Crippen molar-refractivity contribution in [1.29, 1.82) is 0 Å². The predicted octanol–water partition coefficient (Wildman–Crippen LogP) is 2.41. The van der Waals surface area contributed by atoms with Crippen LogP contribution >= 0.6 is 0 Å². The number of nitrogens with zero attached hydrogens (tertiary/aromatic N) is 3. The number of hydrogen-bond acceptors (Lipinski definition) is 5. The number of nitrogen functional groups attached to an aromatic ring is 1. The van der Waals surface area contributed by atoms with Crippen molar-refractivity contribution < 1.29 is 0 Å². The summed E-state index contributed by atoms with van der Waals surface area (Å²) < 4.78 is 0. The number of hydrogen-bond donors (Lipinski definition) is 2. The van der Waals surface area contributed by atoms with E-state index in [4.69, 9.17) is 10.8 Å². The highest BCUT2D eigenvalue weighted by molar-refractivity contribution is 5.51. The molecule has 3 N–H and O–H groups in total. The summed E-state index contributed by atoms with van der Waals surface area (Å²) in [6, 6.07) is 3.14. The molecule has 1 aromatic rings. The van der Waals surface area contributed by atoms with Crippen molar-refractivity contribution in [1.82, 2.24) is 9.97 Å². The van der Waals surface area contributed by atoms with Crippen molar-refractivity contribution >= 4 is 11.6 Å². The first-order chi connectivity index (χ1) is 9.22. The highest BCUT2D eigenvalue weighted by Crippen LogP contribution is 2.40. The molecule has 1 saturated heterocycles. The Morgan fingerprint density at radius 2 is 2.11 bits per heavy atom. The van der Waals surface area contributed by atoms with E-state index in [1.165, 1.54) is 32.1 Å². The standard InChI is InChI=1S/C14H23N5/c1-3-11-7-4-9(2)19(11)13-8-12(18-15)16-14(17-13)10-5-6-10/h8-11H,3-7,15H2,1-2H3,(H,16,17,18). The average molecular weight is 261 g/mol. The molecule has 5 nitrogen and oxygen atoms in total. The van der Waals surface area contributed by atoms with Crippen LogP contribution in [-0.2, 0) is 0 Å². The summed E-state index contributed by atoms with van der Waals surface area (Å²) in [6.07, 6.45) is 6.08. The highest BCUT2D eigenvalue weighted by atomic mass is 15.3. The maximum atomic E-state index is 5.55. The molecule has 19 heavy (non-hydrogen) atoms. The Kier molecular flexibility index (Phi) is 3.31. The maximum absolute atomic E-state index is 5.55. The van der Waals surface area contributed by atoms with E-state index in [0.29, 0.717) is 18.0 Å². The topological polar surface area (TPSA) is 67.1 Å². The molecule has 0 bridgehead atoms. The number of aromatic nitrogens is 2. The van der Waals surface area contributed by atoms with Crippen LogP contribution in [0.1, 0.15) is 57.7 Å². The quantitative estimate of drug-likeness (QED) is 0.643. The van der Waals surface area contributed by atoms with E-state index in [1.807, 2.05) is 6.07 Å². The van der Waals surface area contributed by atoms with Gasteiger partial charge in [-0.15, -0.1) is 0 Å². The van der Waals surface area contributed by atoms with Gasteiger partial charge in [0.2, 0.25) is 0 Å². The Hall–Kier alpha value is -1.36. The molecule has 2 atom stereocenters. The number of anilines is 2. The number of hydrazine groups is 1. The van der Waals surface area contributed by atoms with E-state index < -0.39 is 0 Å². The minimum atomic E-state index is 0.546. The SMILES string of the molecule is CCC1CCC(C)N1c1cc(NN)nc(C2CC2)n1. The van der Waals surface area contributed by atoms with E-state index in [1.54, 1.807) is 0 Å². The normalized spacial score (nSPS) is 26.8. The summed E-state index contributed by atoms with van der Waals surface area (Å²) in [4.78, 5) is 11.7. The monoisotopic (exact) mass is 261 g/mol. The second-order valence-electron chi connectivity index (χ2n) is 5.78. The van der Waals surface area contributed by atoms with Crippen LogP contribution in [0.25, 0.3) is 0 Å². The van der Waals surface area contributed by atoms with Gasteiger partial charge in [-0.2, -0.15) is 0 Å². The van der Waals surface area contributed by atoms with Crippen LogP contribution in [0.2, 0.25) is 0 Å². The first-order valence-electron chi connectivity index (χ1n) is 7.36. The Bertz CT molecular complexity index is 457. The molecule has 5 heteroatoms. The molecule has 1 aromatic heterocycles. The second kappa shape index (κ2) is 4.96. The molecule has 0 aromatic carbocycles. The molecule has 1 aliphatic carbocycles. The summed E-state index contributed by atoms with van der Waals surface area (Å²) in [5, 5.41) is 0. The summed E-state index contributed by atoms with van der Waals surface area (Å²) in [7, 11) is 0.